The molecule has 0 saturated carbocycles. The number of carbonyl (C=O) groups is 1. The van der Waals surface area contributed by atoms with Crippen molar-refractivity contribution in [1.29, 1.82) is 5.26 Å². The first kappa shape index (κ1) is 25.4. The average Bonchev–Trinajstić information content (AvgIpc) is 3.37. The Morgan fingerprint density at radius 1 is 1.05 bits per heavy atom. The number of ketones is 1. The van der Waals surface area contributed by atoms with E-state index in [0.29, 0.717) is 29.1 Å². The minimum atomic E-state index is -0.600. The average molecular weight is 520 g/mol. The van der Waals surface area contributed by atoms with E-state index >= 15 is 0 Å². The van der Waals surface area contributed by atoms with Gasteiger partial charge in [-0.2, -0.15) is 5.26 Å². The van der Waals surface area contributed by atoms with Crippen LogP contribution in [-0.4, -0.2) is 16.5 Å². The van der Waals surface area contributed by atoms with Gasteiger partial charge in [-0.05, 0) is 65.4 Å². The number of aromatic nitrogens is 1. The van der Waals surface area contributed by atoms with Crippen LogP contribution in [0.1, 0.15) is 65.2 Å². The summed E-state index contributed by atoms with van der Waals surface area (Å²) in [5.74, 6) is -0.0466. The van der Waals surface area contributed by atoms with Crippen molar-refractivity contribution in [3.8, 4) is 17.2 Å². The van der Waals surface area contributed by atoms with Gasteiger partial charge in [0.2, 0.25) is 0 Å². The third kappa shape index (κ3) is 5.22. The zero-order chi connectivity index (χ0) is 26.7. The Kier molecular flexibility index (Phi) is 7.09. The quantitative estimate of drug-likeness (QED) is 0.185. The Labute approximate surface area is 227 Å². The number of oxime groups is 1. The fraction of sp³-hybridized carbons (Fsp3) is 0.188. The molecule has 6 heteroatoms. The monoisotopic (exact) mass is 519 g/mol. The number of hydrogen-bond acceptors (Lipinski definition) is 5. The van der Waals surface area contributed by atoms with E-state index in [0.717, 1.165) is 33.5 Å². The first-order valence-corrected chi connectivity index (χ1v) is 12.8. The molecule has 0 radical (unpaired) electrons. The predicted octanol–water partition coefficient (Wildman–Crippen LogP) is 7.69. The second-order valence-corrected chi connectivity index (χ2v) is 10.2. The van der Waals surface area contributed by atoms with Crippen LogP contribution in [0.25, 0.3) is 11.1 Å². The maximum atomic E-state index is 13.6. The van der Waals surface area contributed by atoms with Crippen LogP contribution in [-0.2, 0) is 10.4 Å². The molecular weight excluding hydrogens is 494 g/mol. The third-order valence-electron chi connectivity index (χ3n) is 7.00. The summed E-state index contributed by atoms with van der Waals surface area (Å²) in [6.45, 7) is 4.01. The highest BCUT2D eigenvalue weighted by Gasteiger charge is 2.36. The van der Waals surface area contributed by atoms with E-state index in [1.807, 2.05) is 86.6 Å². The molecule has 2 unspecified atom stereocenters. The second kappa shape index (κ2) is 10.6. The molecule has 3 aromatic carbocycles. The number of Topliss-reactive ketones (excluding diaryl/α,β-unsaturated/α-hetero) is 1. The number of rotatable bonds is 7. The van der Waals surface area contributed by atoms with Crippen molar-refractivity contribution in [3.63, 3.8) is 0 Å². The van der Waals surface area contributed by atoms with E-state index in [4.69, 9.17) is 16.4 Å². The van der Waals surface area contributed by atoms with Crippen molar-refractivity contribution in [2.75, 3.05) is 0 Å². The van der Waals surface area contributed by atoms with Gasteiger partial charge in [-0.25, -0.2) is 4.98 Å². The molecule has 2 heterocycles. The minimum absolute atomic E-state index is 0.00433. The van der Waals surface area contributed by atoms with Crippen molar-refractivity contribution in [2.24, 2.45) is 5.16 Å². The Balaban J connectivity index is 1.51. The number of benzene rings is 3. The fourth-order valence-corrected chi connectivity index (χ4v) is 4.89. The van der Waals surface area contributed by atoms with E-state index in [1.54, 1.807) is 18.3 Å². The molecular formula is C32H26ClN3O2. The topological polar surface area (TPSA) is 75.3 Å². The van der Waals surface area contributed by atoms with Gasteiger partial charge in [0.1, 0.15) is 5.15 Å². The lowest BCUT2D eigenvalue weighted by Crippen LogP contribution is -2.22. The largest absolute Gasteiger partial charge is 0.384 e. The van der Waals surface area contributed by atoms with Gasteiger partial charge in [-0.1, -0.05) is 78.3 Å². The lowest BCUT2D eigenvalue weighted by molar-refractivity contribution is -0.00738. The molecule has 1 aliphatic heterocycles. The van der Waals surface area contributed by atoms with Crippen molar-refractivity contribution in [3.05, 3.63) is 124 Å². The summed E-state index contributed by atoms with van der Waals surface area (Å²) in [6.07, 6.45) is 2.57. The van der Waals surface area contributed by atoms with Crippen LogP contribution in [0.5, 0.6) is 0 Å². The van der Waals surface area contributed by atoms with E-state index in [-0.39, 0.29) is 11.7 Å². The Bertz CT molecular complexity index is 1560. The zero-order valence-corrected chi connectivity index (χ0v) is 21.9. The number of hydrogen-bond donors (Lipinski definition) is 0. The lowest BCUT2D eigenvalue weighted by Gasteiger charge is -2.21. The van der Waals surface area contributed by atoms with Gasteiger partial charge in [0.05, 0.1) is 17.3 Å². The number of pyridine rings is 1. The summed E-state index contributed by atoms with van der Waals surface area (Å²) in [6, 6.07) is 29.0. The number of carbonyl (C=O) groups excluding carboxylic acids is 1. The molecule has 38 heavy (non-hydrogen) atoms. The molecule has 1 aliphatic rings. The molecule has 0 bridgehead atoms. The van der Waals surface area contributed by atoms with Gasteiger partial charge in [-0.15, -0.1) is 0 Å². The van der Waals surface area contributed by atoms with Gasteiger partial charge in [0.15, 0.2) is 11.4 Å². The first-order valence-electron chi connectivity index (χ1n) is 12.5. The SMILES string of the molecule is CC(CC(=O)c1cc(C2=NOC(C)(c3ccccc3)C2)cc(-c2ccccc2C#N)c1)c1ccc(Cl)nc1. The molecule has 0 aliphatic carbocycles. The zero-order valence-electron chi connectivity index (χ0n) is 21.2. The summed E-state index contributed by atoms with van der Waals surface area (Å²) in [4.78, 5) is 23.7. The highest BCUT2D eigenvalue weighted by atomic mass is 35.5. The van der Waals surface area contributed by atoms with Crippen molar-refractivity contribution in [2.45, 2.75) is 38.2 Å². The van der Waals surface area contributed by atoms with Crippen molar-refractivity contribution < 1.29 is 9.63 Å². The summed E-state index contributed by atoms with van der Waals surface area (Å²) in [5.41, 5.74) is 5.61. The first-order chi connectivity index (χ1) is 18.4. The molecule has 0 saturated heterocycles. The van der Waals surface area contributed by atoms with Crippen LogP contribution in [0.2, 0.25) is 5.15 Å². The molecule has 0 amide bonds. The Morgan fingerprint density at radius 3 is 2.53 bits per heavy atom. The van der Waals surface area contributed by atoms with Crippen LogP contribution in [0, 0.1) is 11.3 Å². The molecule has 0 spiro atoms. The van der Waals surface area contributed by atoms with Crippen LogP contribution in [0.4, 0.5) is 0 Å². The van der Waals surface area contributed by atoms with Crippen LogP contribution >= 0.6 is 11.6 Å². The summed E-state index contributed by atoms with van der Waals surface area (Å²) in [7, 11) is 0. The predicted molar refractivity (Wildman–Crippen MR) is 149 cm³/mol. The Morgan fingerprint density at radius 2 is 1.79 bits per heavy atom. The number of nitrogens with zero attached hydrogens (tertiary/aromatic N) is 3. The highest BCUT2D eigenvalue weighted by molar-refractivity contribution is 6.29. The molecule has 5 nitrogen and oxygen atoms in total. The molecule has 1 aromatic heterocycles. The van der Waals surface area contributed by atoms with Crippen LogP contribution in [0.3, 0.4) is 0 Å². The molecule has 4 aromatic rings. The van der Waals surface area contributed by atoms with Crippen molar-refractivity contribution >= 4 is 23.1 Å². The van der Waals surface area contributed by atoms with Crippen LogP contribution < -0.4 is 0 Å². The fourth-order valence-electron chi connectivity index (χ4n) is 4.78. The van der Waals surface area contributed by atoms with Crippen LogP contribution in [0.15, 0.2) is 96.3 Å². The summed E-state index contributed by atoms with van der Waals surface area (Å²) in [5, 5.41) is 14.6. The molecule has 2 atom stereocenters. The standard InChI is InChI=1S/C32H26ClN3O2/c1-21(23-12-13-31(33)35-20-23)14-30(37)26-16-24(28-11-7-6-8-22(28)19-34)15-25(17-26)29-18-32(2,38-36-29)27-9-4-3-5-10-27/h3-13,15-17,20-21H,14,18H2,1-2H3. The van der Waals surface area contributed by atoms with E-state index in [1.165, 1.54) is 0 Å². The number of halogens is 1. The lowest BCUT2D eigenvalue weighted by atomic mass is 9.86. The van der Waals surface area contributed by atoms with E-state index in [2.05, 4.69) is 16.2 Å². The summed E-state index contributed by atoms with van der Waals surface area (Å²) >= 11 is 5.93. The van der Waals surface area contributed by atoms with E-state index < -0.39 is 5.60 Å². The van der Waals surface area contributed by atoms with Crippen molar-refractivity contribution in [1.82, 2.24) is 4.98 Å². The van der Waals surface area contributed by atoms with Gasteiger partial charge in [-0.3, -0.25) is 4.79 Å². The molecule has 0 N–H and O–H groups in total. The molecule has 5 rings (SSSR count). The maximum absolute atomic E-state index is 13.6. The van der Waals surface area contributed by atoms with E-state index in [9.17, 15) is 10.1 Å². The third-order valence-corrected chi connectivity index (χ3v) is 7.23. The summed E-state index contributed by atoms with van der Waals surface area (Å²) < 4.78 is 0. The highest BCUT2D eigenvalue weighted by Crippen LogP contribution is 2.37. The van der Waals surface area contributed by atoms with Gasteiger partial charge in [0.25, 0.3) is 0 Å². The van der Waals surface area contributed by atoms with Gasteiger partial charge < -0.3 is 4.84 Å². The minimum Gasteiger partial charge on any atom is -0.384 e. The Hall–Kier alpha value is -4.27. The molecule has 0 fully saturated rings. The molecule has 188 valence electrons. The maximum Gasteiger partial charge on any atom is 0.165 e. The normalized spacial score (nSPS) is 17.3. The second-order valence-electron chi connectivity index (χ2n) is 9.80. The van der Waals surface area contributed by atoms with Gasteiger partial charge in [0, 0.05) is 30.2 Å². The van der Waals surface area contributed by atoms with Gasteiger partial charge >= 0.3 is 0 Å². The smallest absolute Gasteiger partial charge is 0.165 e. The number of nitriles is 1.